The van der Waals surface area contributed by atoms with Crippen molar-refractivity contribution in [1.29, 1.82) is 0 Å². The van der Waals surface area contributed by atoms with Crippen LogP contribution in [0.1, 0.15) is 11.1 Å². The van der Waals surface area contributed by atoms with Crippen LogP contribution in [0.5, 0.6) is 0 Å². The zero-order valence-electron chi connectivity index (χ0n) is 12.8. The molecule has 1 N–H and O–H groups in total. The molecule has 1 fully saturated rings. The summed E-state index contributed by atoms with van der Waals surface area (Å²) < 4.78 is 51.6. The van der Waals surface area contributed by atoms with Crippen molar-refractivity contribution in [2.24, 2.45) is 4.99 Å². The van der Waals surface area contributed by atoms with E-state index >= 15 is 0 Å². The van der Waals surface area contributed by atoms with Crippen LogP contribution in [0.3, 0.4) is 0 Å². The quantitative estimate of drug-likeness (QED) is 0.542. The summed E-state index contributed by atoms with van der Waals surface area (Å²) in [7, 11) is 0. The Balaban J connectivity index is 1.85. The summed E-state index contributed by atoms with van der Waals surface area (Å²) in [6.45, 7) is 0. The van der Waals surface area contributed by atoms with Crippen LogP contribution in [-0.2, 0) is 11.0 Å². The number of carbonyl (C=O) groups is 1. The molecule has 0 bridgehead atoms. The van der Waals surface area contributed by atoms with E-state index in [1.165, 1.54) is 36.4 Å². The van der Waals surface area contributed by atoms with Gasteiger partial charge in [-0.15, -0.1) is 0 Å². The van der Waals surface area contributed by atoms with E-state index < -0.39 is 28.5 Å². The summed E-state index contributed by atoms with van der Waals surface area (Å²) in [5.74, 6) is -0.843. The second-order valence-corrected chi connectivity index (χ2v) is 6.63. The van der Waals surface area contributed by atoms with Gasteiger partial charge >= 0.3 is 6.18 Å². The Kier molecular flexibility index (Phi) is 5.06. The van der Waals surface area contributed by atoms with Crippen molar-refractivity contribution in [3.8, 4) is 0 Å². The van der Waals surface area contributed by atoms with Crippen molar-refractivity contribution >= 4 is 46.2 Å². The number of aliphatic imine (C=N–C) groups is 1. The third-order valence-electron chi connectivity index (χ3n) is 3.30. The molecule has 1 aliphatic heterocycles. The van der Waals surface area contributed by atoms with Gasteiger partial charge in [-0.05, 0) is 53.7 Å². The maximum atomic E-state index is 12.9. The third-order valence-corrected chi connectivity index (χ3v) is 4.54. The zero-order valence-corrected chi connectivity index (χ0v) is 14.3. The minimum atomic E-state index is -4.60. The molecule has 2 aromatic rings. The molecule has 9 heteroatoms. The molecule has 1 amide bonds. The first-order chi connectivity index (χ1) is 12.2. The van der Waals surface area contributed by atoms with E-state index in [4.69, 9.17) is 11.6 Å². The van der Waals surface area contributed by atoms with Crippen molar-refractivity contribution in [1.82, 2.24) is 5.32 Å². The fourth-order valence-electron chi connectivity index (χ4n) is 2.11. The van der Waals surface area contributed by atoms with Gasteiger partial charge in [0.25, 0.3) is 5.91 Å². The number of nitrogens with one attached hydrogen (secondary N) is 1. The van der Waals surface area contributed by atoms with Crippen LogP contribution in [0.2, 0.25) is 5.02 Å². The molecule has 0 radical (unpaired) electrons. The average molecular weight is 401 g/mol. The predicted molar refractivity (Wildman–Crippen MR) is 93.7 cm³/mol. The molecule has 134 valence electrons. The lowest BCUT2D eigenvalue weighted by atomic mass is 10.2. The van der Waals surface area contributed by atoms with Crippen molar-refractivity contribution < 1.29 is 22.4 Å². The summed E-state index contributed by atoms with van der Waals surface area (Å²) in [5, 5.41) is 2.18. The van der Waals surface area contributed by atoms with Crippen LogP contribution in [-0.4, -0.2) is 11.1 Å². The monoisotopic (exact) mass is 400 g/mol. The van der Waals surface area contributed by atoms with E-state index in [0.29, 0.717) is 10.5 Å². The van der Waals surface area contributed by atoms with Gasteiger partial charge in [0.05, 0.1) is 21.2 Å². The second kappa shape index (κ2) is 7.13. The van der Waals surface area contributed by atoms with Gasteiger partial charge in [-0.2, -0.15) is 13.2 Å². The van der Waals surface area contributed by atoms with Gasteiger partial charge < -0.3 is 5.32 Å². The molecule has 0 spiro atoms. The number of rotatable bonds is 2. The SMILES string of the molecule is O=C1NC(=Nc2ccc(Cl)c(C(F)(F)F)c2)S/C1=C\c1ccc(F)cc1. The molecule has 1 aliphatic rings. The summed E-state index contributed by atoms with van der Waals surface area (Å²) in [5.41, 5.74) is -0.388. The van der Waals surface area contributed by atoms with Crippen LogP contribution < -0.4 is 5.32 Å². The summed E-state index contributed by atoms with van der Waals surface area (Å²) in [6, 6.07) is 8.74. The molecular formula is C17H9ClF4N2OS. The van der Waals surface area contributed by atoms with Crippen LogP contribution in [0.4, 0.5) is 23.2 Å². The van der Waals surface area contributed by atoms with Crippen molar-refractivity contribution in [2.75, 3.05) is 0 Å². The van der Waals surface area contributed by atoms with E-state index in [-0.39, 0.29) is 10.9 Å². The largest absolute Gasteiger partial charge is 0.417 e. The molecule has 0 unspecified atom stereocenters. The van der Waals surface area contributed by atoms with E-state index in [1.54, 1.807) is 0 Å². The van der Waals surface area contributed by atoms with Crippen LogP contribution >= 0.6 is 23.4 Å². The first-order valence-corrected chi connectivity index (χ1v) is 8.34. The Labute approximate surface area is 154 Å². The minimum Gasteiger partial charge on any atom is -0.300 e. The fraction of sp³-hybridized carbons (Fsp3) is 0.0588. The lowest BCUT2D eigenvalue weighted by Crippen LogP contribution is -2.19. The first kappa shape index (κ1) is 18.5. The van der Waals surface area contributed by atoms with E-state index in [1.807, 2.05) is 0 Å². The normalized spacial score (nSPS) is 17.8. The molecule has 0 aliphatic carbocycles. The molecule has 0 aromatic heterocycles. The number of thioether (sulfide) groups is 1. The third kappa shape index (κ3) is 4.25. The number of carbonyl (C=O) groups excluding carboxylic acids is 1. The highest BCUT2D eigenvalue weighted by Crippen LogP contribution is 2.37. The molecule has 3 rings (SSSR count). The Morgan fingerprint density at radius 2 is 1.81 bits per heavy atom. The number of alkyl halides is 3. The van der Waals surface area contributed by atoms with Crippen LogP contribution in [0, 0.1) is 5.82 Å². The van der Waals surface area contributed by atoms with Gasteiger partial charge in [-0.1, -0.05) is 23.7 Å². The van der Waals surface area contributed by atoms with Crippen molar-refractivity contribution in [3.05, 3.63) is 69.3 Å². The van der Waals surface area contributed by atoms with E-state index in [9.17, 15) is 22.4 Å². The lowest BCUT2D eigenvalue weighted by molar-refractivity contribution is -0.137. The number of hydrogen-bond acceptors (Lipinski definition) is 3. The van der Waals surface area contributed by atoms with Gasteiger partial charge in [-0.3, -0.25) is 4.79 Å². The lowest BCUT2D eigenvalue weighted by Gasteiger charge is -2.09. The summed E-state index contributed by atoms with van der Waals surface area (Å²) >= 11 is 6.54. The first-order valence-electron chi connectivity index (χ1n) is 7.14. The highest BCUT2D eigenvalue weighted by Gasteiger charge is 2.33. The highest BCUT2D eigenvalue weighted by atomic mass is 35.5. The average Bonchev–Trinajstić information content (AvgIpc) is 2.90. The van der Waals surface area contributed by atoms with E-state index in [2.05, 4.69) is 10.3 Å². The number of hydrogen-bond donors (Lipinski definition) is 1. The van der Waals surface area contributed by atoms with Gasteiger partial charge in [0, 0.05) is 0 Å². The topological polar surface area (TPSA) is 41.5 Å². The molecule has 1 saturated heterocycles. The number of benzene rings is 2. The minimum absolute atomic E-state index is 0.00700. The van der Waals surface area contributed by atoms with Crippen LogP contribution in [0.15, 0.2) is 52.4 Å². The second-order valence-electron chi connectivity index (χ2n) is 5.20. The van der Waals surface area contributed by atoms with Gasteiger partial charge in [-0.25, -0.2) is 9.38 Å². The molecule has 2 aromatic carbocycles. The van der Waals surface area contributed by atoms with Crippen LogP contribution in [0.25, 0.3) is 6.08 Å². The van der Waals surface area contributed by atoms with Gasteiger partial charge in [0.2, 0.25) is 0 Å². The van der Waals surface area contributed by atoms with E-state index in [0.717, 1.165) is 23.9 Å². The Morgan fingerprint density at radius 1 is 1.12 bits per heavy atom. The zero-order chi connectivity index (χ0) is 18.9. The number of amidine groups is 1. The predicted octanol–water partition coefficient (Wildman–Crippen LogP) is 5.39. The Morgan fingerprint density at radius 3 is 2.46 bits per heavy atom. The molecule has 3 nitrogen and oxygen atoms in total. The molecule has 0 atom stereocenters. The maximum Gasteiger partial charge on any atom is 0.417 e. The summed E-state index contributed by atoms with van der Waals surface area (Å²) in [4.78, 5) is 16.3. The van der Waals surface area contributed by atoms with Crippen molar-refractivity contribution in [2.45, 2.75) is 6.18 Å². The maximum absolute atomic E-state index is 12.9. The number of halogens is 5. The van der Waals surface area contributed by atoms with Crippen molar-refractivity contribution in [3.63, 3.8) is 0 Å². The Hall–Kier alpha value is -2.32. The highest BCUT2D eigenvalue weighted by molar-refractivity contribution is 8.18. The number of amides is 1. The standard InChI is InChI=1S/C17H9ClF4N2OS/c18-13-6-5-11(8-12(13)17(20,21)22)23-16-24-15(25)14(26-16)7-9-1-3-10(19)4-2-9/h1-8H,(H,23,24,25)/b14-7-. The molecule has 0 saturated carbocycles. The van der Waals surface area contributed by atoms with Gasteiger partial charge in [0.15, 0.2) is 5.17 Å². The molecular weight excluding hydrogens is 392 g/mol. The smallest absolute Gasteiger partial charge is 0.300 e. The Bertz CT molecular complexity index is 923. The molecule has 1 heterocycles. The number of nitrogens with zero attached hydrogens (tertiary/aromatic N) is 1. The van der Waals surface area contributed by atoms with Gasteiger partial charge in [0.1, 0.15) is 5.82 Å². The summed E-state index contributed by atoms with van der Waals surface area (Å²) in [6.07, 6.45) is -3.07. The fourth-order valence-corrected chi connectivity index (χ4v) is 3.17. The molecule has 26 heavy (non-hydrogen) atoms.